The van der Waals surface area contributed by atoms with Gasteiger partial charge in [0.2, 0.25) is 0 Å². The summed E-state index contributed by atoms with van der Waals surface area (Å²) in [5.74, 6) is 0. The fraction of sp³-hybridized carbons (Fsp3) is 0. The summed E-state index contributed by atoms with van der Waals surface area (Å²) >= 11 is 1.42. The quantitative estimate of drug-likeness (QED) is 0.496. The Hall–Kier alpha value is -2.84. The van der Waals surface area contributed by atoms with Crippen molar-refractivity contribution in [2.45, 2.75) is 0 Å². The van der Waals surface area contributed by atoms with Crippen LogP contribution in [0.1, 0.15) is 5.56 Å². The molecule has 1 rings (SSSR count). The maximum absolute atomic E-state index is 4.57. The zero-order valence-electron chi connectivity index (χ0n) is 14.4. The molecular formula is C23H23NS. The van der Waals surface area contributed by atoms with E-state index >= 15 is 0 Å². The summed E-state index contributed by atoms with van der Waals surface area (Å²) < 4.78 is 0. The van der Waals surface area contributed by atoms with Crippen molar-refractivity contribution in [2.24, 2.45) is 4.99 Å². The number of hydrogen-bond donors (Lipinski definition) is 0. The number of thioether (sulfide) groups is 1. The summed E-state index contributed by atoms with van der Waals surface area (Å²) in [7, 11) is 0. The lowest BCUT2D eigenvalue weighted by atomic mass is 10.1. The number of nitrogens with zero attached hydrogens (tertiary/aromatic N) is 1. The van der Waals surface area contributed by atoms with Crippen molar-refractivity contribution >= 4 is 30.6 Å². The molecule has 0 aliphatic carbocycles. The highest BCUT2D eigenvalue weighted by Crippen LogP contribution is 2.19. The molecule has 1 aromatic carbocycles. The van der Waals surface area contributed by atoms with Gasteiger partial charge in [0.15, 0.2) is 0 Å². The number of hydrogen-bond acceptors (Lipinski definition) is 2. The largest absolute Gasteiger partial charge is 0.255 e. The Morgan fingerprint density at radius 3 is 2.28 bits per heavy atom. The second kappa shape index (κ2) is 10.8. The molecule has 2 heteroatoms. The van der Waals surface area contributed by atoms with Crippen LogP contribution < -0.4 is 10.4 Å². The molecular weight excluding hydrogens is 322 g/mol. The number of rotatable bonds is 7. The normalized spacial score (nSPS) is 10.8. The Kier molecular flexibility index (Phi) is 8.77. The summed E-state index contributed by atoms with van der Waals surface area (Å²) in [5, 5.41) is 3.48. The van der Waals surface area contributed by atoms with E-state index in [0.29, 0.717) is 0 Å². The van der Waals surface area contributed by atoms with Crippen molar-refractivity contribution in [3.8, 4) is 0 Å². The van der Waals surface area contributed by atoms with E-state index in [-0.39, 0.29) is 0 Å². The Labute approximate surface area is 154 Å². The van der Waals surface area contributed by atoms with E-state index < -0.39 is 0 Å². The Bertz CT molecular complexity index is 886. The molecule has 0 spiro atoms. The first-order chi connectivity index (χ1) is 12.0. The molecule has 0 saturated heterocycles. The van der Waals surface area contributed by atoms with E-state index in [9.17, 15) is 0 Å². The predicted molar refractivity (Wildman–Crippen MR) is 116 cm³/mol. The molecule has 0 fully saturated rings. The lowest BCUT2D eigenvalue weighted by Gasteiger charge is -2.06. The second-order valence-corrected chi connectivity index (χ2v) is 6.14. The van der Waals surface area contributed by atoms with Crippen molar-refractivity contribution in [3.63, 3.8) is 0 Å². The average molecular weight is 346 g/mol. The molecule has 1 nitrogen and oxygen atoms in total. The van der Waals surface area contributed by atoms with E-state index in [1.165, 1.54) is 11.8 Å². The molecule has 0 aromatic heterocycles. The summed E-state index contributed by atoms with van der Waals surface area (Å²) in [5.41, 5.74) is 2.41. The standard InChI is InChI=1S/C23H23NS/c1-7-18(3)15-16-24-23(21(6)25-8-2)22-14-13-19(4)11-9-10-12-20(5)17-22/h7-17H,1-6H2/b11-9?,12-10?,14-13?,16-15-,22-17?,24-23?. The van der Waals surface area contributed by atoms with Crippen molar-refractivity contribution in [1.29, 1.82) is 0 Å². The van der Waals surface area contributed by atoms with Gasteiger partial charge in [-0.25, -0.2) is 0 Å². The zero-order chi connectivity index (χ0) is 18.7. The zero-order valence-corrected chi connectivity index (χ0v) is 15.3. The maximum atomic E-state index is 4.57. The van der Waals surface area contributed by atoms with Crippen LogP contribution in [0.15, 0.2) is 108 Å². The Morgan fingerprint density at radius 2 is 1.64 bits per heavy atom. The third-order valence-electron chi connectivity index (χ3n) is 3.07. The molecule has 0 N–H and O–H groups in total. The van der Waals surface area contributed by atoms with Crippen LogP contribution in [-0.2, 0) is 0 Å². The molecule has 0 bridgehead atoms. The van der Waals surface area contributed by atoms with Crippen LogP contribution in [0.5, 0.6) is 0 Å². The molecule has 0 amide bonds. The highest BCUT2D eigenvalue weighted by Gasteiger charge is 2.06. The predicted octanol–water partition coefficient (Wildman–Crippen LogP) is 5.07. The monoisotopic (exact) mass is 345 g/mol. The highest BCUT2D eigenvalue weighted by atomic mass is 32.2. The van der Waals surface area contributed by atoms with Gasteiger partial charge in [-0.3, -0.25) is 4.99 Å². The SMILES string of the molecule is C=CSC(=C)C(=N/C=C\C(=C)C=C)c1ccc(=C)ccccc(=C)c1. The van der Waals surface area contributed by atoms with Crippen molar-refractivity contribution in [1.82, 2.24) is 0 Å². The van der Waals surface area contributed by atoms with Gasteiger partial charge < -0.3 is 0 Å². The fourth-order valence-electron chi connectivity index (χ4n) is 1.79. The average Bonchev–Trinajstić information content (AvgIpc) is 2.59. The molecule has 126 valence electrons. The minimum absolute atomic E-state index is 0.737. The van der Waals surface area contributed by atoms with Crippen LogP contribution in [0.3, 0.4) is 0 Å². The smallest absolute Gasteiger partial charge is 0.0835 e. The van der Waals surface area contributed by atoms with Crippen molar-refractivity contribution in [2.75, 3.05) is 0 Å². The van der Waals surface area contributed by atoms with Gasteiger partial charge in [-0.05, 0) is 33.6 Å². The first-order valence-corrected chi connectivity index (χ1v) is 8.51. The van der Waals surface area contributed by atoms with Gasteiger partial charge in [-0.1, -0.05) is 93.7 Å². The molecule has 0 atom stereocenters. The Morgan fingerprint density at radius 1 is 0.960 bits per heavy atom. The van der Waals surface area contributed by atoms with Crippen molar-refractivity contribution < 1.29 is 0 Å². The van der Waals surface area contributed by atoms with Gasteiger partial charge in [0.1, 0.15) is 0 Å². The van der Waals surface area contributed by atoms with Crippen LogP contribution in [0.4, 0.5) is 0 Å². The van der Waals surface area contributed by atoms with Crippen LogP contribution >= 0.6 is 11.8 Å². The fourth-order valence-corrected chi connectivity index (χ4v) is 2.28. The molecule has 0 unspecified atom stereocenters. The first kappa shape index (κ1) is 20.2. The summed E-state index contributed by atoms with van der Waals surface area (Å²) in [6, 6.07) is 13.6. The van der Waals surface area contributed by atoms with Gasteiger partial charge in [-0.15, -0.1) is 0 Å². The van der Waals surface area contributed by atoms with Crippen LogP contribution in [0.2, 0.25) is 0 Å². The second-order valence-electron chi connectivity index (χ2n) is 5.08. The minimum Gasteiger partial charge on any atom is -0.255 e. The first-order valence-electron chi connectivity index (χ1n) is 7.63. The number of aliphatic imine (C=N–C) groups is 1. The van der Waals surface area contributed by atoms with E-state index in [2.05, 4.69) is 44.5 Å². The molecule has 0 aliphatic rings. The molecule has 0 saturated carbocycles. The van der Waals surface area contributed by atoms with E-state index in [4.69, 9.17) is 0 Å². The van der Waals surface area contributed by atoms with Gasteiger partial charge in [0, 0.05) is 16.7 Å². The topological polar surface area (TPSA) is 12.4 Å². The van der Waals surface area contributed by atoms with Gasteiger partial charge >= 0.3 is 0 Å². The number of allylic oxidation sites excluding steroid dienone is 4. The van der Waals surface area contributed by atoms with E-state index in [0.717, 1.165) is 32.2 Å². The molecule has 0 heterocycles. The molecule has 25 heavy (non-hydrogen) atoms. The van der Waals surface area contributed by atoms with Gasteiger partial charge in [0.25, 0.3) is 0 Å². The van der Waals surface area contributed by atoms with Crippen molar-refractivity contribution in [3.05, 3.63) is 119 Å². The lowest BCUT2D eigenvalue weighted by molar-refractivity contribution is 1.51. The van der Waals surface area contributed by atoms with Crippen LogP contribution in [0, 0.1) is 0 Å². The van der Waals surface area contributed by atoms with E-state index in [1.807, 2.05) is 42.5 Å². The van der Waals surface area contributed by atoms with Crippen LogP contribution in [-0.4, -0.2) is 5.71 Å². The third-order valence-corrected chi connectivity index (χ3v) is 3.71. The summed E-state index contributed by atoms with van der Waals surface area (Å²) in [6.07, 6.45) is 5.15. The Balaban J connectivity index is 3.60. The van der Waals surface area contributed by atoms with E-state index in [1.54, 1.807) is 23.8 Å². The summed E-state index contributed by atoms with van der Waals surface area (Å²) in [6.45, 7) is 23.4. The minimum atomic E-state index is 0.737. The van der Waals surface area contributed by atoms with Gasteiger partial charge in [0.05, 0.1) is 5.71 Å². The third kappa shape index (κ3) is 7.51. The summed E-state index contributed by atoms with van der Waals surface area (Å²) in [4.78, 5) is 5.35. The van der Waals surface area contributed by atoms with Crippen LogP contribution in [0.25, 0.3) is 13.2 Å². The lowest BCUT2D eigenvalue weighted by Crippen LogP contribution is -2.05. The molecule has 0 aliphatic heterocycles. The molecule has 1 aromatic rings. The van der Waals surface area contributed by atoms with Gasteiger partial charge in [-0.2, -0.15) is 0 Å². The molecule has 0 radical (unpaired) electrons. The maximum Gasteiger partial charge on any atom is 0.0835 e. The highest BCUT2D eigenvalue weighted by molar-refractivity contribution is 8.06.